The largest absolute Gasteiger partial charge is 0.506 e. The van der Waals surface area contributed by atoms with Gasteiger partial charge in [0.15, 0.2) is 11.6 Å². The lowest BCUT2D eigenvalue weighted by molar-refractivity contribution is 0.470. The minimum atomic E-state index is -0.765. The van der Waals surface area contributed by atoms with Gasteiger partial charge in [-0.15, -0.1) is 0 Å². The van der Waals surface area contributed by atoms with Gasteiger partial charge in [-0.2, -0.15) is 0 Å². The average molecular weight is 587 g/mol. The molecular weight excluding hydrogens is 574 g/mol. The summed E-state index contributed by atoms with van der Waals surface area (Å²) in [5, 5.41) is 10.1. The molecule has 0 aliphatic carbocycles. The van der Waals surface area contributed by atoms with E-state index in [1.165, 1.54) is 18.3 Å². The van der Waals surface area contributed by atoms with Gasteiger partial charge in [0.1, 0.15) is 11.4 Å². The molecule has 0 saturated carbocycles. The van der Waals surface area contributed by atoms with Crippen molar-refractivity contribution in [3.8, 4) is 5.75 Å². The summed E-state index contributed by atoms with van der Waals surface area (Å²) >= 11 is 4.09. The lowest BCUT2D eigenvalue weighted by atomic mass is 10.1. The number of rotatable bonds is 4. The third-order valence-electron chi connectivity index (χ3n) is 3.70. The Morgan fingerprint density at radius 1 is 0.852 bits per heavy atom. The molecule has 0 saturated heterocycles. The Morgan fingerprint density at radius 3 is 2.15 bits per heavy atom. The highest BCUT2D eigenvalue weighted by molar-refractivity contribution is 14.1. The van der Waals surface area contributed by atoms with E-state index in [1.54, 1.807) is 24.3 Å². The highest BCUT2D eigenvalue weighted by Gasteiger charge is 2.10. The second-order valence-corrected chi connectivity index (χ2v) is 8.07. The number of aliphatic imine (C=N–C) groups is 1. The van der Waals surface area contributed by atoms with E-state index in [0.29, 0.717) is 14.7 Å². The molecule has 0 heterocycles. The van der Waals surface area contributed by atoms with Crippen LogP contribution in [0, 0.1) is 18.8 Å². The van der Waals surface area contributed by atoms with Crippen LogP contribution in [0.1, 0.15) is 16.7 Å². The lowest BCUT2D eigenvalue weighted by Crippen LogP contribution is -1.90. The third-order valence-corrected chi connectivity index (χ3v) is 5.14. The summed E-state index contributed by atoms with van der Waals surface area (Å²) in [6, 6.07) is 15.4. The Bertz CT molecular complexity index is 1010. The minimum absolute atomic E-state index is 0.0306. The molecule has 6 heteroatoms. The molecule has 0 fully saturated rings. The fourth-order valence-electron chi connectivity index (χ4n) is 2.38. The van der Waals surface area contributed by atoms with Crippen molar-refractivity contribution in [1.82, 2.24) is 0 Å². The van der Waals surface area contributed by atoms with Gasteiger partial charge in [-0.3, -0.25) is 0 Å². The predicted octanol–water partition coefficient (Wildman–Crippen LogP) is 6.80. The van der Waals surface area contributed by atoms with Crippen LogP contribution < -0.4 is 0 Å². The van der Waals surface area contributed by atoms with Gasteiger partial charge < -0.3 is 5.11 Å². The molecule has 3 aromatic rings. The van der Waals surface area contributed by atoms with Crippen LogP contribution in [0.25, 0.3) is 12.2 Å². The van der Waals surface area contributed by atoms with Crippen molar-refractivity contribution in [3.63, 3.8) is 0 Å². The topological polar surface area (TPSA) is 32.6 Å². The van der Waals surface area contributed by atoms with Crippen molar-refractivity contribution in [1.29, 1.82) is 0 Å². The molecule has 0 unspecified atom stereocenters. The quantitative estimate of drug-likeness (QED) is 0.204. The van der Waals surface area contributed by atoms with Crippen molar-refractivity contribution in [2.45, 2.75) is 0 Å². The van der Waals surface area contributed by atoms with E-state index in [9.17, 15) is 13.9 Å². The normalized spacial score (nSPS) is 11.6. The summed E-state index contributed by atoms with van der Waals surface area (Å²) in [4.78, 5) is 3.91. The molecule has 27 heavy (non-hydrogen) atoms. The number of hydrogen-bond donors (Lipinski definition) is 1. The Kier molecular flexibility index (Phi) is 6.59. The zero-order valence-electron chi connectivity index (χ0n) is 13.8. The molecule has 0 aliphatic rings. The van der Waals surface area contributed by atoms with E-state index >= 15 is 0 Å². The van der Waals surface area contributed by atoms with E-state index in [-0.39, 0.29) is 11.4 Å². The molecular formula is C21H13F2I2NO. The zero-order valence-corrected chi connectivity index (χ0v) is 18.1. The van der Waals surface area contributed by atoms with Crippen molar-refractivity contribution in [2.24, 2.45) is 4.99 Å². The highest BCUT2D eigenvalue weighted by Crippen LogP contribution is 2.28. The first-order valence-electron chi connectivity index (χ1n) is 7.88. The molecule has 0 spiro atoms. The number of hydrogen-bond acceptors (Lipinski definition) is 2. The molecule has 2 nitrogen and oxygen atoms in total. The van der Waals surface area contributed by atoms with E-state index in [2.05, 4.69) is 27.6 Å². The molecule has 0 bridgehead atoms. The van der Waals surface area contributed by atoms with Gasteiger partial charge in [0, 0.05) is 15.3 Å². The van der Waals surface area contributed by atoms with Crippen molar-refractivity contribution in [3.05, 3.63) is 90.1 Å². The summed E-state index contributed by atoms with van der Waals surface area (Å²) < 4.78 is 30.2. The standard InChI is InChI=1S/C21H13F2I2NO/c22-17-8-14(7-6-13-4-2-1-3-5-13)9-18(23)20(17)26-12-15-10-16(24)11-19(25)21(15)27/h1-12,27H. The molecule has 1 N–H and O–H groups in total. The summed E-state index contributed by atoms with van der Waals surface area (Å²) in [6.45, 7) is 0. The first kappa shape index (κ1) is 19.9. The molecule has 0 amide bonds. The number of phenolic OH excluding ortho intramolecular Hbond substituents is 1. The number of phenols is 1. The van der Waals surface area contributed by atoms with Gasteiger partial charge in [0.25, 0.3) is 0 Å². The smallest absolute Gasteiger partial charge is 0.152 e. The second-order valence-electron chi connectivity index (χ2n) is 5.66. The zero-order chi connectivity index (χ0) is 19.4. The summed E-state index contributed by atoms with van der Waals surface area (Å²) in [7, 11) is 0. The van der Waals surface area contributed by atoms with Crippen LogP contribution in [-0.2, 0) is 0 Å². The van der Waals surface area contributed by atoms with Crippen LogP contribution in [-0.4, -0.2) is 11.3 Å². The van der Waals surface area contributed by atoms with Gasteiger partial charge in [0.05, 0.1) is 3.57 Å². The Balaban J connectivity index is 1.89. The van der Waals surface area contributed by atoms with Gasteiger partial charge in [-0.1, -0.05) is 42.5 Å². The van der Waals surface area contributed by atoms with Gasteiger partial charge in [-0.25, -0.2) is 13.8 Å². The number of aromatic hydroxyl groups is 1. The molecule has 136 valence electrons. The first-order valence-corrected chi connectivity index (χ1v) is 10.0. The molecule has 0 aliphatic heterocycles. The van der Waals surface area contributed by atoms with E-state index < -0.39 is 11.6 Å². The van der Waals surface area contributed by atoms with Crippen LogP contribution in [0.15, 0.2) is 59.6 Å². The third kappa shape index (κ3) is 5.13. The van der Waals surface area contributed by atoms with Crippen molar-refractivity contribution in [2.75, 3.05) is 0 Å². The lowest BCUT2D eigenvalue weighted by Gasteiger charge is -2.04. The van der Waals surface area contributed by atoms with E-state index in [4.69, 9.17) is 0 Å². The summed E-state index contributed by atoms with van der Waals surface area (Å²) in [5.74, 6) is -1.50. The van der Waals surface area contributed by atoms with Gasteiger partial charge in [0.2, 0.25) is 0 Å². The summed E-state index contributed by atoms with van der Waals surface area (Å²) in [6.07, 6.45) is 4.69. The summed E-state index contributed by atoms with van der Waals surface area (Å²) in [5.41, 5.74) is 1.35. The fraction of sp³-hybridized carbons (Fsp3) is 0. The first-order chi connectivity index (χ1) is 12.9. The SMILES string of the molecule is Oc1c(I)cc(I)cc1C=Nc1c(F)cc(C=Cc2ccccc2)cc1F. The van der Waals surface area contributed by atoms with Gasteiger partial charge >= 0.3 is 0 Å². The maximum atomic E-state index is 14.3. The van der Waals surface area contributed by atoms with Crippen LogP contribution in [0.5, 0.6) is 5.75 Å². The second kappa shape index (κ2) is 8.92. The van der Waals surface area contributed by atoms with Crippen LogP contribution in [0.3, 0.4) is 0 Å². The van der Waals surface area contributed by atoms with Gasteiger partial charge in [-0.05, 0) is 80.6 Å². The number of nitrogens with zero attached hydrogens (tertiary/aromatic N) is 1. The average Bonchev–Trinajstić information content (AvgIpc) is 2.64. The van der Waals surface area contributed by atoms with Crippen LogP contribution in [0.2, 0.25) is 0 Å². The highest BCUT2D eigenvalue weighted by atomic mass is 127. The number of halogens is 4. The van der Waals surface area contributed by atoms with Crippen molar-refractivity contribution >= 4 is 69.2 Å². The number of benzene rings is 3. The molecule has 0 atom stereocenters. The fourth-order valence-corrected chi connectivity index (χ4v) is 4.27. The molecule has 0 aromatic heterocycles. The molecule has 0 radical (unpaired) electrons. The Labute approximate surface area is 182 Å². The van der Waals surface area contributed by atoms with Crippen LogP contribution in [0.4, 0.5) is 14.5 Å². The Morgan fingerprint density at radius 2 is 1.48 bits per heavy atom. The monoisotopic (exact) mass is 587 g/mol. The van der Waals surface area contributed by atoms with E-state index in [0.717, 1.165) is 9.13 Å². The van der Waals surface area contributed by atoms with Crippen molar-refractivity contribution < 1.29 is 13.9 Å². The van der Waals surface area contributed by atoms with Crippen LogP contribution >= 0.6 is 45.2 Å². The predicted molar refractivity (Wildman–Crippen MR) is 123 cm³/mol. The maximum Gasteiger partial charge on any atom is 0.152 e. The maximum absolute atomic E-state index is 14.3. The molecule has 3 aromatic carbocycles. The minimum Gasteiger partial charge on any atom is -0.506 e. The Hall–Kier alpha value is -1.81. The van der Waals surface area contributed by atoms with E-state index in [1.807, 2.05) is 52.9 Å². The molecule has 3 rings (SSSR count).